The maximum absolute atomic E-state index is 11.8. The lowest BCUT2D eigenvalue weighted by molar-refractivity contribution is -0.0926. The van der Waals surface area contributed by atoms with Crippen molar-refractivity contribution in [1.82, 2.24) is 0 Å². The fourth-order valence-corrected chi connectivity index (χ4v) is 2.02. The summed E-state index contributed by atoms with van der Waals surface area (Å²) in [6.45, 7) is 1.87. The van der Waals surface area contributed by atoms with E-state index in [-0.39, 0.29) is 4.90 Å². The van der Waals surface area contributed by atoms with E-state index in [1.54, 1.807) is 42.5 Å². The highest BCUT2D eigenvalue weighted by atomic mass is 32.2. The van der Waals surface area contributed by atoms with Gasteiger partial charge in [-0.2, -0.15) is 8.42 Å². The Hall–Kier alpha value is -1.85. The Kier molecular flexibility index (Phi) is 3.64. The van der Waals surface area contributed by atoms with Gasteiger partial charge in [-0.1, -0.05) is 40.2 Å². The molecule has 94 valence electrons. The summed E-state index contributed by atoms with van der Waals surface area (Å²) in [6.07, 6.45) is 0. The van der Waals surface area contributed by atoms with Crippen LogP contribution in [0.15, 0.2) is 59.5 Å². The van der Waals surface area contributed by atoms with E-state index < -0.39 is 10.1 Å². The molecule has 5 heteroatoms. The molecule has 0 aromatic heterocycles. The topological polar surface area (TPSA) is 52.6 Å². The lowest BCUT2D eigenvalue weighted by atomic mass is 10.2. The third kappa shape index (κ3) is 3.09. The van der Waals surface area contributed by atoms with Crippen molar-refractivity contribution in [3.8, 4) is 5.75 Å². The number of aryl methyl sites for hydroxylation is 1. The Bertz CT molecular complexity index is 603. The first-order chi connectivity index (χ1) is 8.58. The van der Waals surface area contributed by atoms with Gasteiger partial charge in [0.05, 0.1) is 4.90 Å². The Labute approximate surface area is 106 Å². The molecule has 0 saturated heterocycles. The van der Waals surface area contributed by atoms with Crippen LogP contribution in [-0.2, 0) is 14.5 Å². The molecule has 0 spiro atoms. The number of para-hydroxylation sites is 1. The van der Waals surface area contributed by atoms with Crippen LogP contribution in [0.1, 0.15) is 5.56 Å². The van der Waals surface area contributed by atoms with Crippen LogP contribution in [-0.4, -0.2) is 8.42 Å². The molecular formula is C13H12O4S. The molecule has 0 aliphatic rings. The molecular weight excluding hydrogens is 252 g/mol. The van der Waals surface area contributed by atoms with Crippen LogP contribution < -0.4 is 4.89 Å². The summed E-state index contributed by atoms with van der Waals surface area (Å²) in [7, 11) is -3.90. The predicted octanol–water partition coefficient (Wildman–Crippen LogP) is 2.69. The summed E-state index contributed by atoms with van der Waals surface area (Å²) < 4.78 is 28.1. The minimum absolute atomic E-state index is 0.0593. The van der Waals surface area contributed by atoms with Crippen molar-refractivity contribution in [1.29, 1.82) is 0 Å². The number of benzene rings is 2. The zero-order chi connectivity index (χ0) is 13.0. The molecule has 0 atom stereocenters. The van der Waals surface area contributed by atoms with Crippen molar-refractivity contribution in [2.45, 2.75) is 11.8 Å². The normalized spacial score (nSPS) is 11.2. The van der Waals surface area contributed by atoms with Gasteiger partial charge in [-0.25, -0.2) is 0 Å². The highest BCUT2D eigenvalue weighted by Crippen LogP contribution is 2.16. The van der Waals surface area contributed by atoms with Gasteiger partial charge in [0, 0.05) is 0 Å². The highest BCUT2D eigenvalue weighted by molar-refractivity contribution is 7.86. The Balaban J connectivity index is 2.11. The number of hydrogen-bond acceptors (Lipinski definition) is 4. The average molecular weight is 264 g/mol. The van der Waals surface area contributed by atoms with Gasteiger partial charge in [-0.15, -0.1) is 0 Å². The third-order valence-corrected chi connectivity index (χ3v) is 3.37. The fourth-order valence-electron chi connectivity index (χ4n) is 1.30. The predicted molar refractivity (Wildman–Crippen MR) is 66.5 cm³/mol. The lowest BCUT2D eigenvalue weighted by Crippen LogP contribution is -2.09. The fraction of sp³-hybridized carbons (Fsp3) is 0.0769. The number of rotatable bonds is 4. The van der Waals surface area contributed by atoms with Gasteiger partial charge in [-0.3, -0.25) is 0 Å². The molecule has 2 aromatic rings. The van der Waals surface area contributed by atoms with Crippen LogP contribution in [0.2, 0.25) is 0 Å². The molecule has 0 aliphatic heterocycles. The third-order valence-electron chi connectivity index (χ3n) is 2.27. The van der Waals surface area contributed by atoms with Gasteiger partial charge in [-0.05, 0) is 31.2 Å². The van der Waals surface area contributed by atoms with Crippen molar-refractivity contribution in [2.24, 2.45) is 0 Å². The molecule has 0 radical (unpaired) electrons. The Morgan fingerprint density at radius 1 is 0.889 bits per heavy atom. The van der Waals surface area contributed by atoms with E-state index in [1.807, 2.05) is 6.92 Å². The second-order valence-corrected chi connectivity index (χ2v) is 5.25. The second kappa shape index (κ2) is 5.20. The highest BCUT2D eigenvalue weighted by Gasteiger charge is 2.16. The molecule has 0 saturated carbocycles. The van der Waals surface area contributed by atoms with Gasteiger partial charge in [0.2, 0.25) is 0 Å². The smallest absolute Gasteiger partial charge is 0.321 e. The van der Waals surface area contributed by atoms with Gasteiger partial charge in [0.25, 0.3) is 0 Å². The molecule has 0 unspecified atom stereocenters. The Morgan fingerprint density at radius 2 is 1.50 bits per heavy atom. The van der Waals surface area contributed by atoms with Crippen LogP contribution in [0.3, 0.4) is 0 Å². The van der Waals surface area contributed by atoms with Crippen molar-refractivity contribution >= 4 is 10.1 Å². The molecule has 4 nitrogen and oxygen atoms in total. The van der Waals surface area contributed by atoms with Crippen LogP contribution in [0.25, 0.3) is 0 Å². The van der Waals surface area contributed by atoms with Gasteiger partial charge in [0.1, 0.15) is 0 Å². The first kappa shape index (κ1) is 12.6. The van der Waals surface area contributed by atoms with E-state index in [0.29, 0.717) is 5.75 Å². The monoisotopic (exact) mass is 264 g/mol. The number of hydrogen-bond donors (Lipinski definition) is 0. The summed E-state index contributed by atoms with van der Waals surface area (Å²) in [5, 5.41) is 0. The van der Waals surface area contributed by atoms with Crippen molar-refractivity contribution in [3.63, 3.8) is 0 Å². The zero-order valence-corrected chi connectivity index (χ0v) is 10.6. The van der Waals surface area contributed by atoms with E-state index in [0.717, 1.165) is 5.56 Å². The average Bonchev–Trinajstić information content (AvgIpc) is 2.38. The summed E-state index contributed by atoms with van der Waals surface area (Å²) in [4.78, 5) is 4.83. The maximum Gasteiger partial charge on any atom is 0.332 e. The zero-order valence-electron chi connectivity index (χ0n) is 9.74. The van der Waals surface area contributed by atoms with Gasteiger partial charge < -0.3 is 4.89 Å². The first-order valence-electron chi connectivity index (χ1n) is 5.31. The molecule has 0 N–H and O–H groups in total. The van der Waals surface area contributed by atoms with E-state index in [9.17, 15) is 8.42 Å². The molecule has 0 fully saturated rings. The largest absolute Gasteiger partial charge is 0.332 e. The minimum atomic E-state index is -3.90. The van der Waals surface area contributed by atoms with Gasteiger partial charge in [0.15, 0.2) is 5.75 Å². The van der Waals surface area contributed by atoms with Crippen LogP contribution in [0.5, 0.6) is 5.75 Å². The maximum atomic E-state index is 11.8. The summed E-state index contributed by atoms with van der Waals surface area (Å²) in [5.74, 6) is 0.327. The Morgan fingerprint density at radius 3 is 2.11 bits per heavy atom. The molecule has 0 heterocycles. The second-order valence-electron chi connectivity index (χ2n) is 3.73. The molecule has 0 amide bonds. The standard InChI is InChI=1S/C13H12O4S/c1-11-7-9-13(10-8-11)18(14,15)17-16-12-5-3-2-4-6-12/h2-10H,1H3. The summed E-state index contributed by atoms with van der Waals surface area (Å²) >= 11 is 0. The van der Waals surface area contributed by atoms with E-state index in [4.69, 9.17) is 4.89 Å². The van der Waals surface area contributed by atoms with E-state index in [1.165, 1.54) is 12.1 Å². The SMILES string of the molecule is Cc1ccc(S(=O)(=O)OOc2ccccc2)cc1. The van der Waals surface area contributed by atoms with E-state index in [2.05, 4.69) is 4.33 Å². The summed E-state index contributed by atoms with van der Waals surface area (Å²) in [5.41, 5.74) is 0.970. The van der Waals surface area contributed by atoms with Crippen LogP contribution >= 0.6 is 0 Å². The van der Waals surface area contributed by atoms with Crippen molar-refractivity contribution < 1.29 is 17.6 Å². The lowest BCUT2D eigenvalue weighted by Gasteiger charge is -2.05. The molecule has 2 aromatic carbocycles. The molecule has 0 bridgehead atoms. The van der Waals surface area contributed by atoms with E-state index >= 15 is 0 Å². The first-order valence-corrected chi connectivity index (χ1v) is 6.72. The molecule has 0 aliphatic carbocycles. The van der Waals surface area contributed by atoms with Crippen molar-refractivity contribution in [3.05, 3.63) is 60.2 Å². The minimum Gasteiger partial charge on any atom is -0.321 e. The van der Waals surface area contributed by atoms with Gasteiger partial charge >= 0.3 is 10.1 Å². The molecule has 2 rings (SSSR count). The van der Waals surface area contributed by atoms with Crippen molar-refractivity contribution in [2.75, 3.05) is 0 Å². The van der Waals surface area contributed by atoms with Crippen LogP contribution in [0.4, 0.5) is 0 Å². The summed E-state index contributed by atoms with van der Waals surface area (Å²) in [6, 6.07) is 14.8. The molecule has 18 heavy (non-hydrogen) atoms. The quantitative estimate of drug-likeness (QED) is 0.629. The van der Waals surface area contributed by atoms with Crippen LogP contribution in [0, 0.1) is 6.92 Å².